The second-order valence-electron chi connectivity index (χ2n) is 4.58. The molecule has 0 spiro atoms. The fourth-order valence-electron chi connectivity index (χ4n) is 1.71. The van der Waals surface area contributed by atoms with Crippen molar-refractivity contribution in [2.75, 3.05) is 18.9 Å². The molecule has 1 aromatic carbocycles. The number of nitrogens with one attached hydrogen (secondary N) is 1. The van der Waals surface area contributed by atoms with Gasteiger partial charge in [0.05, 0.1) is 15.6 Å². The number of nitrogens with zero attached hydrogens (tertiary/aromatic N) is 1. The molecule has 116 valence electrons. The molecular formula is C14H19ClN2O3S. The van der Waals surface area contributed by atoms with E-state index in [1.165, 1.54) is 36.5 Å². The SMILES string of the molecule is C=CCCCN(C)S(=O)(=O)c1ccc(NC(C)=O)c(Cl)c1. The molecule has 0 fully saturated rings. The normalized spacial score (nSPS) is 11.4. The lowest BCUT2D eigenvalue weighted by Crippen LogP contribution is -2.28. The number of anilines is 1. The Labute approximate surface area is 130 Å². The molecule has 1 rings (SSSR count). The number of sulfonamides is 1. The molecule has 0 aliphatic rings. The maximum Gasteiger partial charge on any atom is 0.242 e. The van der Waals surface area contributed by atoms with E-state index in [1.807, 2.05) is 0 Å². The van der Waals surface area contributed by atoms with Gasteiger partial charge in [-0.3, -0.25) is 4.79 Å². The second-order valence-corrected chi connectivity index (χ2v) is 7.03. The van der Waals surface area contributed by atoms with Crippen molar-refractivity contribution in [2.45, 2.75) is 24.7 Å². The van der Waals surface area contributed by atoms with Gasteiger partial charge in [0.25, 0.3) is 0 Å². The zero-order chi connectivity index (χ0) is 16.0. The van der Waals surface area contributed by atoms with Crippen LogP contribution in [0.3, 0.4) is 0 Å². The van der Waals surface area contributed by atoms with Crippen LogP contribution in [0.25, 0.3) is 0 Å². The minimum absolute atomic E-state index is 0.0997. The van der Waals surface area contributed by atoms with E-state index in [2.05, 4.69) is 11.9 Å². The average molecular weight is 331 g/mol. The highest BCUT2D eigenvalue weighted by Crippen LogP contribution is 2.26. The van der Waals surface area contributed by atoms with Crippen LogP contribution in [-0.2, 0) is 14.8 Å². The van der Waals surface area contributed by atoms with Crippen molar-refractivity contribution in [3.63, 3.8) is 0 Å². The Hall–Kier alpha value is -1.37. The highest BCUT2D eigenvalue weighted by molar-refractivity contribution is 7.89. The molecule has 0 saturated heterocycles. The van der Waals surface area contributed by atoms with Gasteiger partial charge >= 0.3 is 0 Å². The Balaban J connectivity index is 2.95. The van der Waals surface area contributed by atoms with Gasteiger partial charge < -0.3 is 5.32 Å². The lowest BCUT2D eigenvalue weighted by molar-refractivity contribution is -0.114. The van der Waals surface area contributed by atoms with E-state index < -0.39 is 10.0 Å². The summed E-state index contributed by atoms with van der Waals surface area (Å²) < 4.78 is 26.0. The highest BCUT2D eigenvalue weighted by atomic mass is 35.5. The summed E-state index contributed by atoms with van der Waals surface area (Å²) in [6.07, 6.45) is 3.21. The van der Waals surface area contributed by atoms with E-state index in [9.17, 15) is 13.2 Å². The zero-order valence-corrected chi connectivity index (χ0v) is 13.7. The summed E-state index contributed by atoms with van der Waals surface area (Å²) in [7, 11) is -2.06. The van der Waals surface area contributed by atoms with Crippen LogP contribution in [0.5, 0.6) is 0 Å². The molecule has 0 heterocycles. The van der Waals surface area contributed by atoms with Crippen LogP contribution in [0.15, 0.2) is 35.7 Å². The molecule has 1 aromatic rings. The topological polar surface area (TPSA) is 66.5 Å². The molecule has 0 aliphatic heterocycles. The number of carbonyl (C=O) groups excluding carboxylic acids is 1. The van der Waals surface area contributed by atoms with Gasteiger partial charge in [-0.25, -0.2) is 12.7 Å². The molecule has 0 bridgehead atoms. The number of hydrogen-bond donors (Lipinski definition) is 1. The summed E-state index contributed by atoms with van der Waals surface area (Å²) in [5.74, 6) is -0.269. The van der Waals surface area contributed by atoms with E-state index in [4.69, 9.17) is 11.6 Å². The molecule has 0 atom stereocenters. The van der Waals surface area contributed by atoms with E-state index in [1.54, 1.807) is 6.08 Å². The van der Waals surface area contributed by atoms with Crippen molar-refractivity contribution >= 4 is 33.2 Å². The van der Waals surface area contributed by atoms with Crippen molar-refractivity contribution < 1.29 is 13.2 Å². The Morgan fingerprint density at radius 3 is 2.67 bits per heavy atom. The van der Waals surface area contributed by atoms with E-state index in [-0.39, 0.29) is 15.8 Å². The van der Waals surface area contributed by atoms with Gasteiger partial charge in [-0.2, -0.15) is 0 Å². The van der Waals surface area contributed by atoms with Gasteiger partial charge in [-0.15, -0.1) is 6.58 Å². The summed E-state index contributed by atoms with van der Waals surface area (Å²) >= 11 is 6.00. The first-order valence-corrected chi connectivity index (χ1v) is 8.25. The molecular weight excluding hydrogens is 312 g/mol. The molecule has 0 saturated carbocycles. The fourth-order valence-corrected chi connectivity index (χ4v) is 3.23. The van der Waals surface area contributed by atoms with Crippen molar-refractivity contribution in [3.8, 4) is 0 Å². The standard InChI is InChI=1S/C14H19ClN2O3S/c1-4-5-6-9-17(3)21(19,20)12-7-8-14(13(15)10-12)16-11(2)18/h4,7-8,10H,1,5-6,9H2,2-3H3,(H,16,18). The van der Waals surface area contributed by atoms with Gasteiger partial charge in [0.1, 0.15) is 0 Å². The Morgan fingerprint density at radius 2 is 2.14 bits per heavy atom. The molecule has 0 aliphatic carbocycles. The van der Waals surface area contributed by atoms with Gasteiger partial charge in [0.2, 0.25) is 15.9 Å². The molecule has 0 unspecified atom stereocenters. The first-order chi connectivity index (χ1) is 9.78. The number of amides is 1. The van der Waals surface area contributed by atoms with Crippen molar-refractivity contribution in [2.24, 2.45) is 0 Å². The molecule has 0 aromatic heterocycles. The number of benzene rings is 1. The van der Waals surface area contributed by atoms with Crippen LogP contribution in [0.4, 0.5) is 5.69 Å². The smallest absolute Gasteiger partial charge is 0.242 e. The van der Waals surface area contributed by atoms with Crippen molar-refractivity contribution in [1.29, 1.82) is 0 Å². The lowest BCUT2D eigenvalue weighted by Gasteiger charge is -2.17. The summed E-state index contributed by atoms with van der Waals surface area (Å²) in [6.45, 7) is 5.36. The van der Waals surface area contributed by atoms with Crippen LogP contribution >= 0.6 is 11.6 Å². The molecule has 1 N–H and O–H groups in total. The molecule has 0 radical (unpaired) electrons. The number of unbranched alkanes of at least 4 members (excludes halogenated alkanes) is 1. The quantitative estimate of drug-likeness (QED) is 0.617. The predicted molar refractivity (Wildman–Crippen MR) is 85.0 cm³/mol. The minimum atomic E-state index is -3.59. The van der Waals surface area contributed by atoms with E-state index in [0.29, 0.717) is 18.7 Å². The fraction of sp³-hybridized carbons (Fsp3) is 0.357. The predicted octanol–water partition coefficient (Wildman–Crippen LogP) is 2.89. The van der Waals surface area contributed by atoms with Crippen LogP contribution < -0.4 is 5.32 Å². The van der Waals surface area contributed by atoms with Gasteiger partial charge in [0, 0.05) is 20.5 Å². The van der Waals surface area contributed by atoms with Crippen molar-refractivity contribution in [3.05, 3.63) is 35.9 Å². The second kappa shape index (κ2) is 7.59. The third-order valence-electron chi connectivity index (χ3n) is 2.84. The number of halogens is 1. The molecule has 5 nitrogen and oxygen atoms in total. The van der Waals surface area contributed by atoms with E-state index in [0.717, 1.165) is 6.42 Å². The summed E-state index contributed by atoms with van der Waals surface area (Å²) in [6, 6.07) is 4.25. The maximum atomic E-state index is 12.4. The monoisotopic (exact) mass is 330 g/mol. The van der Waals surface area contributed by atoms with Crippen molar-refractivity contribution in [1.82, 2.24) is 4.31 Å². The molecule has 1 amide bonds. The first-order valence-electron chi connectivity index (χ1n) is 6.43. The molecule has 21 heavy (non-hydrogen) atoms. The highest BCUT2D eigenvalue weighted by Gasteiger charge is 2.21. The van der Waals surface area contributed by atoms with Gasteiger partial charge in [0.15, 0.2) is 0 Å². The number of hydrogen-bond acceptors (Lipinski definition) is 3. The largest absolute Gasteiger partial charge is 0.325 e. The van der Waals surface area contributed by atoms with Crippen LogP contribution in [-0.4, -0.2) is 32.2 Å². The van der Waals surface area contributed by atoms with E-state index >= 15 is 0 Å². The lowest BCUT2D eigenvalue weighted by atomic mass is 10.3. The Morgan fingerprint density at radius 1 is 1.48 bits per heavy atom. The van der Waals surface area contributed by atoms with Crippen LogP contribution in [0.2, 0.25) is 5.02 Å². The first kappa shape index (κ1) is 17.7. The third-order valence-corrected chi connectivity index (χ3v) is 5.01. The summed E-state index contributed by atoms with van der Waals surface area (Å²) in [5, 5.41) is 2.72. The minimum Gasteiger partial charge on any atom is -0.325 e. The summed E-state index contributed by atoms with van der Waals surface area (Å²) in [4.78, 5) is 11.1. The zero-order valence-electron chi connectivity index (χ0n) is 12.1. The summed E-state index contributed by atoms with van der Waals surface area (Å²) in [5.41, 5.74) is 0.387. The number of carbonyl (C=O) groups is 1. The van der Waals surface area contributed by atoms with Gasteiger partial charge in [-0.1, -0.05) is 17.7 Å². The maximum absolute atomic E-state index is 12.4. The average Bonchev–Trinajstić information content (AvgIpc) is 2.40. The number of allylic oxidation sites excluding steroid dienone is 1. The van der Waals surface area contributed by atoms with Crippen LogP contribution in [0.1, 0.15) is 19.8 Å². The third kappa shape index (κ3) is 4.84. The van der Waals surface area contributed by atoms with Gasteiger partial charge in [-0.05, 0) is 31.0 Å². The number of rotatable bonds is 7. The Bertz CT molecular complexity index is 629. The molecule has 7 heteroatoms. The Kier molecular flexibility index (Phi) is 6.39. The van der Waals surface area contributed by atoms with Crippen LogP contribution in [0, 0.1) is 0 Å².